The zero-order valence-corrected chi connectivity index (χ0v) is 10.2. The Morgan fingerprint density at radius 3 is 2.33 bits per heavy atom. The summed E-state index contributed by atoms with van der Waals surface area (Å²) in [5.74, 6) is 0. The molecule has 1 saturated heterocycles. The molecule has 3 rings (SSSR count). The first kappa shape index (κ1) is 11.4. The van der Waals surface area contributed by atoms with E-state index in [2.05, 4.69) is 39.4 Å². The largest absolute Gasteiger partial charge is 0.379 e. The van der Waals surface area contributed by atoms with Crippen LogP contribution >= 0.6 is 0 Å². The van der Waals surface area contributed by atoms with Gasteiger partial charge >= 0.3 is 0 Å². The minimum Gasteiger partial charge on any atom is -0.379 e. The van der Waals surface area contributed by atoms with Gasteiger partial charge in [-0.15, -0.1) is 10.2 Å². The highest BCUT2D eigenvalue weighted by atomic mass is 16.5. The number of hydrogen-bond acceptors (Lipinski definition) is 4. The summed E-state index contributed by atoms with van der Waals surface area (Å²) >= 11 is 0. The van der Waals surface area contributed by atoms with Crippen molar-refractivity contribution in [1.29, 1.82) is 0 Å². The van der Waals surface area contributed by atoms with E-state index in [4.69, 9.17) is 4.74 Å². The molecule has 5 nitrogen and oxygen atoms in total. The Hall–Kier alpha value is -1.72. The molecule has 0 saturated carbocycles. The van der Waals surface area contributed by atoms with Crippen molar-refractivity contribution in [3.05, 3.63) is 42.5 Å². The fraction of sp³-hybridized carbons (Fsp3) is 0.385. The second-order valence-corrected chi connectivity index (χ2v) is 4.42. The van der Waals surface area contributed by atoms with Crippen LogP contribution in [-0.4, -0.2) is 46.0 Å². The number of nitrogens with zero attached hydrogens (tertiary/aromatic N) is 4. The molecule has 0 N–H and O–H groups in total. The monoisotopic (exact) mass is 244 g/mol. The second kappa shape index (κ2) is 5.29. The summed E-state index contributed by atoms with van der Waals surface area (Å²) in [6.45, 7) is 4.73. The molecule has 1 aromatic carbocycles. The minimum atomic E-state index is 0.846. The first-order valence-corrected chi connectivity index (χ1v) is 6.16. The molecule has 2 aromatic rings. The second-order valence-electron chi connectivity index (χ2n) is 4.42. The summed E-state index contributed by atoms with van der Waals surface area (Å²) in [7, 11) is 0. The number of morpholine rings is 1. The van der Waals surface area contributed by atoms with Gasteiger partial charge in [0.25, 0.3) is 0 Å². The first-order valence-electron chi connectivity index (χ1n) is 6.16. The standard InChI is InChI=1S/C13H16N4O/c1-3-13(17-10-14-15-11-17)4-2-12(1)9-16-5-7-18-8-6-16/h1-4,10-11H,5-9H2. The Bertz CT molecular complexity index is 474. The van der Waals surface area contributed by atoms with Crippen molar-refractivity contribution >= 4 is 0 Å². The normalized spacial score (nSPS) is 16.9. The molecular weight excluding hydrogens is 228 g/mol. The summed E-state index contributed by atoms with van der Waals surface area (Å²) in [4.78, 5) is 2.41. The maximum Gasteiger partial charge on any atom is 0.123 e. The number of hydrogen-bond donors (Lipinski definition) is 0. The van der Waals surface area contributed by atoms with Gasteiger partial charge in [0, 0.05) is 25.3 Å². The Kier molecular flexibility index (Phi) is 3.34. The molecule has 94 valence electrons. The smallest absolute Gasteiger partial charge is 0.123 e. The Balaban J connectivity index is 1.67. The van der Waals surface area contributed by atoms with Crippen LogP contribution in [0, 0.1) is 0 Å². The third-order valence-electron chi connectivity index (χ3n) is 3.16. The van der Waals surface area contributed by atoms with Crippen molar-refractivity contribution in [3.8, 4) is 5.69 Å². The third kappa shape index (κ3) is 2.57. The van der Waals surface area contributed by atoms with Crippen molar-refractivity contribution < 1.29 is 4.74 Å². The van der Waals surface area contributed by atoms with Gasteiger partial charge in [-0.2, -0.15) is 0 Å². The molecule has 18 heavy (non-hydrogen) atoms. The topological polar surface area (TPSA) is 43.2 Å². The van der Waals surface area contributed by atoms with E-state index in [1.54, 1.807) is 12.7 Å². The Labute approximate surface area is 106 Å². The van der Waals surface area contributed by atoms with Crippen LogP contribution in [0.25, 0.3) is 5.69 Å². The lowest BCUT2D eigenvalue weighted by molar-refractivity contribution is 0.0342. The average molecular weight is 244 g/mol. The summed E-state index contributed by atoms with van der Waals surface area (Å²) in [6, 6.07) is 8.51. The van der Waals surface area contributed by atoms with Crippen LogP contribution in [0.3, 0.4) is 0 Å². The molecule has 0 radical (unpaired) electrons. The molecule has 1 aliphatic heterocycles. The summed E-state index contributed by atoms with van der Waals surface area (Å²) in [5, 5.41) is 7.61. The van der Waals surface area contributed by atoms with Crippen molar-refractivity contribution in [3.63, 3.8) is 0 Å². The number of ether oxygens (including phenoxy) is 1. The zero-order chi connectivity index (χ0) is 12.2. The summed E-state index contributed by atoms with van der Waals surface area (Å²) in [6.07, 6.45) is 3.41. The van der Waals surface area contributed by atoms with Crippen molar-refractivity contribution in [1.82, 2.24) is 19.7 Å². The predicted octanol–water partition coefficient (Wildman–Crippen LogP) is 1.10. The predicted molar refractivity (Wildman–Crippen MR) is 67.5 cm³/mol. The van der Waals surface area contributed by atoms with Gasteiger partial charge < -0.3 is 4.74 Å². The van der Waals surface area contributed by atoms with Crippen LogP contribution in [0.5, 0.6) is 0 Å². The fourth-order valence-corrected chi connectivity index (χ4v) is 2.13. The highest BCUT2D eigenvalue weighted by molar-refractivity contribution is 5.34. The van der Waals surface area contributed by atoms with Crippen LogP contribution in [0.1, 0.15) is 5.56 Å². The summed E-state index contributed by atoms with van der Waals surface area (Å²) < 4.78 is 7.25. The van der Waals surface area contributed by atoms with Gasteiger partial charge in [0.2, 0.25) is 0 Å². The maximum absolute atomic E-state index is 5.35. The van der Waals surface area contributed by atoms with Crippen LogP contribution in [0.4, 0.5) is 0 Å². The minimum absolute atomic E-state index is 0.846. The SMILES string of the molecule is c1cc(-n2cnnc2)ccc1CN1CCOCC1. The number of benzene rings is 1. The summed E-state index contributed by atoms with van der Waals surface area (Å²) in [5.41, 5.74) is 2.42. The van der Waals surface area contributed by atoms with E-state index in [1.165, 1.54) is 5.56 Å². The van der Waals surface area contributed by atoms with Crippen LogP contribution in [0.15, 0.2) is 36.9 Å². The Morgan fingerprint density at radius 2 is 1.67 bits per heavy atom. The van der Waals surface area contributed by atoms with E-state index >= 15 is 0 Å². The number of rotatable bonds is 3. The van der Waals surface area contributed by atoms with Crippen LogP contribution in [0.2, 0.25) is 0 Å². The number of aromatic nitrogens is 3. The molecule has 1 fully saturated rings. The van der Waals surface area contributed by atoms with Gasteiger partial charge in [0.05, 0.1) is 13.2 Å². The van der Waals surface area contributed by atoms with Crippen LogP contribution < -0.4 is 0 Å². The van der Waals surface area contributed by atoms with Crippen molar-refractivity contribution in [2.45, 2.75) is 6.54 Å². The molecular formula is C13H16N4O. The molecule has 2 heterocycles. The molecule has 0 amide bonds. The highest BCUT2D eigenvalue weighted by Gasteiger charge is 2.10. The van der Waals surface area contributed by atoms with E-state index in [1.807, 2.05) is 4.57 Å². The molecule has 0 bridgehead atoms. The Morgan fingerprint density at radius 1 is 1.00 bits per heavy atom. The van der Waals surface area contributed by atoms with Gasteiger partial charge in [-0.25, -0.2) is 0 Å². The molecule has 0 unspecified atom stereocenters. The van der Waals surface area contributed by atoms with Crippen molar-refractivity contribution in [2.24, 2.45) is 0 Å². The average Bonchev–Trinajstić information content (AvgIpc) is 2.95. The van der Waals surface area contributed by atoms with Gasteiger partial charge in [-0.1, -0.05) is 12.1 Å². The molecule has 1 aromatic heterocycles. The molecule has 0 aliphatic carbocycles. The van der Waals surface area contributed by atoms with Crippen LogP contribution in [-0.2, 0) is 11.3 Å². The first-order chi connectivity index (χ1) is 8.92. The van der Waals surface area contributed by atoms with E-state index in [9.17, 15) is 0 Å². The van der Waals surface area contributed by atoms with Gasteiger partial charge in [0.15, 0.2) is 0 Å². The molecule has 0 atom stereocenters. The van der Waals surface area contributed by atoms with Crippen molar-refractivity contribution in [2.75, 3.05) is 26.3 Å². The quantitative estimate of drug-likeness (QED) is 0.811. The fourth-order valence-electron chi connectivity index (χ4n) is 2.13. The van der Waals surface area contributed by atoms with E-state index in [0.29, 0.717) is 0 Å². The van der Waals surface area contributed by atoms with E-state index in [-0.39, 0.29) is 0 Å². The van der Waals surface area contributed by atoms with Gasteiger partial charge in [-0.05, 0) is 17.7 Å². The van der Waals surface area contributed by atoms with Gasteiger partial charge in [0.1, 0.15) is 12.7 Å². The third-order valence-corrected chi connectivity index (χ3v) is 3.16. The lowest BCUT2D eigenvalue weighted by Gasteiger charge is -2.26. The maximum atomic E-state index is 5.35. The molecule has 1 aliphatic rings. The van der Waals surface area contributed by atoms with E-state index in [0.717, 1.165) is 38.5 Å². The lowest BCUT2D eigenvalue weighted by atomic mass is 10.2. The molecule has 0 spiro atoms. The lowest BCUT2D eigenvalue weighted by Crippen LogP contribution is -2.35. The van der Waals surface area contributed by atoms with E-state index < -0.39 is 0 Å². The highest BCUT2D eigenvalue weighted by Crippen LogP contribution is 2.11. The zero-order valence-electron chi connectivity index (χ0n) is 10.2. The van der Waals surface area contributed by atoms with Gasteiger partial charge in [-0.3, -0.25) is 9.47 Å². The molecule has 5 heteroatoms.